The molecular weight excluding hydrogens is 228 g/mol. The highest BCUT2D eigenvalue weighted by Gasteiger charge is 2.61. The van der Waals surface area contributed by atoms with E-state index >= 15 is 0 Å². The highest BCUT2D eigenvalue weighted by Crippen LogP contribution is 2.53. The lowest BCUT2D eigenvalue weighted by Gasteiger charge is -2.11. The molecule has 0 radical (unpaired) electrons. The Morgan fingerprint density at radius 2 is 2.33 bits per heavy atom. The van der Waals surface area contributed by atoms with E-state index in [0.717, 1.165) is 5.52 Å². The maximum atomic E-state index is 11.6. The van der Waals surface area contributed by atoms with Gasteiger partial charge in [0, 0.05) is 12.4 Å². The van der Waals surface area contributed by atoms with Gasteiger partial charge in [-0.1, -0.05) is 0 Å². The lowest BCUT2D eigenvalue weighted by molar-refractivity contribution is -0.120. The zero-order valence-corrected chi connectivity index (χ0v) is 9.50. The summed E-state index contributed by atoms with van der Waals surface area (Å²) in [5, 5.41) is 8.97. The van der Waals surface area contributed by atoms with Crippen LogP contribution in [0.2, 0.25) is 0 Å². The molecule has 2 heterocycles. The monoisotopic (exact) mass is 238 g/mol. The molecule has 0 aromatic carbocycles. The Labute approximate surface area is 103 Å². The minimum Gasteiger partial charge on any atom is -0.369 e. The van der Waals surface area contributed by atoms with E-state index in [2.05, 4.69) is 16.0 Å². The fourth-order valence-electron chi connectivity index (χ4n) is 2.35. The molecule has 1 aliphatic carbocycles. The van der Waals surface area contributed by atoms with E-state index in [1.807, 2.05) is 6.07 Å². The molecule has 2 aromatic rings. The van der Waals surface area contributed by atoms with Gasteiger partial charge in [-0.3, -0.25) is 14.8 Å². The highest BCUT2D eigenvalue weighted by molar-refractivity contribution is 5.92. The summed E-state index contributed by atoms with van der Waals surface area (Å²) in [6.07, 6.45) is 3.75. The van der Waals surface area contributed by atoms with Crippen molar-refractivity contribution in [3.05, 3.63) is 36.2 Å². The number of fused-ring (bicyclic) bond motifs is 1. The molecule has 2 aromatic heterocycles. The van der Waals surface area contributed by atoms with Gasteiger partial charge >= 0.3 is 0 Å². The van der Waals surface area contributed by atoms with E-state index in [1.54, 1.807) is 24.5 Å². The molecule has 1 amide bonds. The van der Waals surface area contributed by atoms with Gasteiger partial charge in [0.25, 0.3) is 0 Å². The van der Waals surface area contributed by atoms with Crippen LogP contribution in [0.1, 0.15) is 12.0 Å². The van der Waals surface area contributed by atoms with Crippen LogP contribution in [0.15, 0.2) is 30.6 Å². The van der Waals surface area contributed by atoms with Crippen molar-refractivity contribution in [2.24, 2.45) is 11.7 Å². The second kappa shape index (κ2) is 3.50. The van der Waals surface area contributed by atoms with Gasteiger partial charge < -0.3 is 5.73 Å². The van der Waals surface area contributed by atoms with Crippen LogP contribution in [-0.4, -0.2) is 15.9 Å². The summed E-state index contributed by atoms with van der Waals surface area (Å²) in [4.78, 5) is 20.1. The third-order valence-corrected chi connectivity index (χ3v) is 3.52. The van der Waals surface area contributed by atoms with Crippen LogP contribution in [-0.2, 0) is 10.2 Å². The van der Waals surface area contributed by atoms with Crippen LogP contribution in [0.4, 0.5) is 0 Å². The molecule has 3 rings (SSSR count). The third kappa shape index (κ3) is 1.29. The van der Waals surface area contributed by atoms with E-state index in [9.17, 15) is 4.79 Å². The maximum Gasteiger partial charge on any atom is 0.229 e. The van der Waals surface area contributed by atoms with Crippen molar-refractivity contribution < 1.29 is 4.79 Å². The highest BCUT2D eigenvalue weighted by atomic mass is 16.1. The third-order valence-electron chi connectivity index (χ3n) is 3.52. The van der Waals surface area contributed by atoms with E-state index in [4.69, 9.17) is 11.0 Å². The Hall–Kier alpha value is -2.48. The Balaban J connectivity index is 2.15. The SMILES string of the molecule is N#CC1CC1(C(N)=O)c1cnc2cccnc2c1. The van der Waals surface area contributed by atoms with Gasteiger partial charge in [0.1, 0.15) is 0 Å². The summed E-state index contributed by atoms with van der Waals surface area (Å²) in [7, 11) is 0. The number of hydrogen-bond donors (Lipinski definition) is 1. The number of nitriles is 1. The van der Waals surface area contributed by atoms with E-state index in [-0.39, 0.29) is 5.92 Å². The number of hydrogen-bond acceptors (Lipinski definition) is 4. The number of primary amides is 1. The van der Waals surface area contributed by atoms with Crippen LogP contribution in [0.5, 0.6) is 0 Å². The molecule has 0 spiro atoms. The first-order chi connectivity index (χ1) is 8.68. The van der Waals surface area contributed by atoms with Crippen molar-refractivity contribution in [3.63, 3.8) is 0 Å². The molecule has 0 aliphatic heterocycles. The van der Waals surface area contributed by atoms with Crippen molar-refractivity contribution in [3.8, 4) is 6.07 Å². The number of nitrogens with zero attached hydrogens (tertiary/aromatic N) is 3. The van der Waals surface area contributed by atoms with Gasteiger partial charge in [-0.2, -0.15) is 5.26 Å². The molecule has 1 saturated carbocycles. The van der Waals surface area contributed by atoms with Crippen molar-refractivity contribution in [1.29, 1.82) is 5.26 Å². The van der Waals surface area contributed by atoms with Gasteiger partial charge in [-0.25, -0.2) is 0 Å². The lowest BCUT2D eigenvalue weighted by atomic mass is 9.94. The number of nitrogens with two attached hydrogens (primary N) is 1. The Morgan fingerprint density at radius 3 is 3.00 bits per heavy atom. The molecule has 2 N–H and O–H groups in total. The predicted molar refractivity (Wildman–Crippen MR) is 64.1 cm³/mol. The fraction of sp³-hybridized carbons (Fsp3) is 0.231. The normalized spacial score (nSPS) is 25.6. The molecule has 0 saturated heterocycles. The minimum absolute atomic E-state index is 0.349. The lowest BCUT2D eigenvalue weighted by Crippen LogP contribution is -2.30. The summed E-state index contributed by atoms with van der Waals surface area (Å²) in [6.45, 7) is 0. The molecule has 1 fully saturated rings. The van der Waals surface area contributed by atoms with E-state index in [1.165, 1.54) is 0 Å². The van der Waals surface area contributed by atoms with Crippen LogP contribution >= 0.6 is 0 Å². The van der Waals surface area contributed by atoms with Crippen molar-refractivity contribution in [2.45, 2.75) is 11.8 Å². The molecular formula is C13H10N4O. The molecule has 2 unspecified atom stereocenters. The summed E-state index contributed by atoms with van der Waals surface area (Å²) >= 11 is 0. The first-order valence-electron chi connectivity index (χ1n) is 5.59. The number of amides is 1. The zero-order chi connectivity index (χ0) is 12.8. The van der Waals surface area contributed by atoms with E-state index < -0.39 is 11.3 Å². The van der Waals surface area contributed by atoms with Gasteiger partial charge in [0.15, 0.2) is 0 Å². The molecule has 1 aliphatic rings. The first-order valence-corrected chi connectivity index (χ1v) is 5.59. The molecule has 2 atom stereocenters. The average molecular weight is 238 g/mol. The quantitative estimate of drug-likeness (QED) is 0.841. The predicted octanol–water partition coefficient (Wildman–Crippen LogP) is 0.896. The summed E-state index contributed by atoms with van der Waals surface area (Å²) in [6, 6.07) is 7.55. The standard InChI is InChI=1S/C13H10N4O/c14-6-9-5-13(9,12(15)18)8-4-11-10(17-7-8)2-1-3-16-11/h1-4,7,9H,5H2,(H2,15,18). The number of carbonyl (C=O) groups excluding carboxylic acids is 1. The Bertz CT molecular complexity index is 691. The van der Waals surface area contributed by atoms with Crippen molar-refractivity contribution in [2.75, 3.05) is 0 Å². The first kappa shape index (κ1) is 10.7. The molecule has 5 heteroatoms. The topological polar surface area (TPSA) is 92.7 Å². The van der Waals surface area contributed by atoms with Gasteiger partial charge in [-0.15, -0.1) is 0 Å². The van der Waals surface area contributed by atoms with Crippen molar-refractivity contribution in [1.82, 2.24) is 9.97 Å². The number of pyridine rings is 2. The second-order valence-electron chi connectivity index (χ2n) is 4.49. The van der Waals surface area contributed by atoms with Crippen molar-refractivity contribution >= 4 is 16.9 Å². The number of carbonyl (C=O) groups is 1. The average Bonchev–Trinajstić information content (AvgIpc) is 3.14. The molecule has 5 nitrogen and oxygen atoms in total. The Morgan fingerprint density at radius 1 is 1.50 bits per heavy atom. The molecule has 0 bridgehead atoms. The van der Waals surface area contributed by atoms with Crippen LogP contribution in [0.25, 0.3) is 11.0 Å². The molecule has 18 heavy (non-hydrogen) atoms. The largest absolute Gasteiger partial charge is 0.369 e. The maximum absolute atomic E-state index is 11.6. The van der Waals surface area contributed by atoms with Gasteiger partial charge in [0.2, 0.25) is 5.91 Å². The minimum atomic E-state index is -0.868. The van der Waals surface area contributed by atoms with E-state index in [0.29, 0.717) is 17.5 Å². The molecule has 88 valence electrons. The smallest absolute Gasteiger partial charge is 0.229 e. The van der Waals surface area contributed by atoms with Crippen LogP contribution < -0.4 is 5.73 Å². The number of aromatic nitrogens is 2. The van der Waals surface area contributed by atoms with Gasteiger partial charge in [-0.05, 0) is 30.2 Å². The van der Waals surface area contributed by atoms with Gasteiger partial charge in [0.05, 0.1) is 28.4 Å². The zero-order valence-electron chi connectivity index (χ0n) is 9.50. The summed E-state index contributed by atoms with van der Waals surface area (Å²) in [5.74, 6) is -0.816. The summed E-state index contributed by atoms with van der Waals surface area (Å²) < 4.78 is 0. The number of rotatable bonds is 2. The summed E-state index contributed by atoms with van der Waals surface area (Å²) in [5.41, 5.74) is 6.72. The van der Waals surface area contributed by atoms with Crippen LogP contribution in [0.3, 0.4) is 0 Å². The fourth-order valence-corrected chi connectivity index (χ4v) is 2.35. The van der Waals surface area contributed by atoms with Crippen LogP contribution in [0, 0.1) is 17.2 Å². The Kier molecular flexibility index (Phi) is 2.08. The second-order valence-corrected chi connectivity index (χ2v) is 4.49.